The fourth-order valence-electron chi connectivity index (χ4n) is 2.46. The van der Waals surface area contributed by atoms with Crippen molar-refractivity contribution in [3.63, 3.8) is 0 Å². The van der Waals surface area contributed by atoms with Crippen LogP contribution in [0.2, 0.25) is 0 Å². The SMILES string of the molecule is C#CCOc1ccccc1CN1CCC(CO)CC1. The van der Waals surface area contributed by atoms with E-state index in [9.17, 15) is 0 Å². The van der Waals surface area contributed by atoms with Crippen LogP contribution in [0, 0.1) is 18.3 Å². The van der Waals surface area contributed by atoms with Gasteiger partial charge in [0.25, 0.3) is 0 Å². The first-order chi connectivity index (χ1) is 9.33. The van der Waals surface area contributed by atoms with Crippen LogP contribution >= 0.6 is 0 Å². The quantitative estimate of drug-likeness (QED) is 0.820. The van der Waals surface area contributed by atoms with Crippen molar-refractivity contribution in [1.29, 1.82) is 0 Å². The van der Waals surface area contributed by atoms with Gasteiger partial charge in [0.15, 0.2) is 0 Å². The van der Waals surface area contributed by atoms with Gasteiger partial charge in [0.2, 0.25) is 0 Å². The smallest absolute Gasteiger partial charge is 0.148 e. The predicted molar refractivity (Wildman–Crippen MR) is 75.9 cm³/mol. The Morgan fingerprint density at radius 1 is 1.32 bits per heavy atom. The van der Waals surface area contributed by atoms with Crippen LogP contribution in [0.5, 0.6) is 5.75 Å². The molecule has 1 aliphatic heterocycles. The average Bonchev–Trinajstić information content (AvgIpc) is 2.47. The number of benzene rings is 1. The first kappa shape index (κ1) is 13.9. The monoisotopic (exact) mass is 259 g/mol. The summed E-state index contributed by atoms with van der Waals surface area (Å²) in [7, 11) is 0. The maximum absolute atomic E-state index is 9.15. The molecule has 19 heavy (non-hydrogen) atoms. The first-order valence-corrected chi connectivity index (χ1v) is 6.81. The Labute approximate surface area is 115 Å². The summed E-state index contributed by atoms with van der Waals surface area (Å²) < 4.78 is 5.57. The number of ether oxygens (including phenoxy) is 1. The molecular formula is C16H21NO2. The van der Waals surface area contributed by atoms with Gasteiger partial charge in [-0.3, -0.25) is 4.90 Å². The van der Waals surface area contributed by atoms with Gasteiger partial charge in [-0.25, -0.2) is 0 Å². The molecule has 0 atom stereocenters. The van der Waals surface area contributed by atoms with Crippen molar-refractivity contribution in [2.24, 2.45) is 5.92 Å². The number of hydrogen-bond acceptors (Lipinski definition) is 3. The van der Waals surface area contributed by atoms with E-state index >= 15 is 0 Å². The molecule has 0 spiro atoms. The maximum Gasteiger partial charge on any atom is 0.148 e. The summed E-state index contributed by atoms with van der Waals surface area (Å²) in [6.07, 6.45) is 7.38. The lowest BCUT2D eigenvalue weighted by atomic mass is 9.97. The molecule has 1 fully saturated rings. The Morgan fingerprint density at radius 3 is 2.74 bits per heavy atom. The van der Waals surface area contributed by atoms with E-state index in [4.69, 9.17) is 16.3 Å². The van der Waals surface area contributed by atoms with Crippen molar-refractivity contribution < 1.29 is 9.84 Å². The largest absolute Gasteiger partial charge is 0.481 e. The van der Waals surface area contributed by atoms with E-state index in [1.54, 1.807) is 0 Å². The number of aliphatic hydroxyl groups is 1. The minimum absolute atomic E-state index is 0.309. The second kappa shape index (κ2) is 7.18. The van der Waals surface area contributed by atoms with Crippen molar-refractivity contribution in [3.05, 3.63) is 29.8 Å². The van der Waals surface area contributed by atoms with Gasteiger partial charge in [0.1, 0.15) is 12.4 Å². The Hall–Kier alpha value is -1.50. The van der Waals surface area contributed by atoms with Crippen molar-refractivity contribution in [3.8, 4) is 18.1 Å². The zero-order valence-corrected chi connectivity index (χ0v) is 11.2. The minimum Gasteiger partial charge on any atom is -0.481 e. The Kier molecular flexibility index (Phi) is 5.26. The predicted octanol–water partition coefficient (Wildman–Crippen LogP) is 1.90. The lowest BCUT2D eigenvalue weighted by Crippen LogP contribution is -2.34. The summed E-state index contributed by atoms with van der Waals surface area (Å²) in [6, 6.07) is 8.04. The van der Waals surface area contributed by atoms with Crippen LogP contribution in [0.4, 0.5) is 0 Å². The number of rotatable bonds is 5. The highest BCUT2D eigenvalue weighted by atomic mass is 16.5. The van der Waals surface area contributed by atoms with Crippen LogP contribution in [0.1, 0.15) is 18.4 Å². The number of hydrogen-bond donors (Lipinski definition) is 1. The highest BCUT2D eigenvalue weighted by Gasteiger charge is 2.19. The van der Waals surface area contributed by atoms with Crippen molar-refractivity contribution in [2.45, 2.75) is 19.4 Å². The van der Waals surface area contributed by atoms with Gasteiger partial charge in [-0.05, 0) is 37.9 Å². The van der Waals surface area contributed by atoms with Gasteiger partial charge in [0.05, 0.1) is 0 Å². The van der Waals surface area contributed by atoms with Gasteiger partial charge < -0.3 is 9.84 Å². The fourth-order valence-corrected chi connectivity index (χ4v) is 2.46. The Morgan fingerprint density at radius 2 is 2.05 bits per heavy atom. The number of para-hydroxylation sites is 1. The third kappa shape index (κ3) is 3.99. The molecule has 102 valence electrons. The number of aliphatic hydroxyl groups excluding tert-OH is 1. The van der Waals surface area contributed by atoms with Crippen LogP contribution in [0.15, 0.2) is 24.3 Å². The molecule has 3 nitrogen and oxygen atoms in total. The summed E-state index contributed by atoms with van der Waals surface area (Å²) >= 11 is 0. The minimum atomic E-state index is 0.309. The first-order valence-electron chi connectivity index (χ1n) is 6.81. The van der Waals surface area contributed by atoms with Crippen LogP contribution in [0.3, 0.4) is 0 Å². The van der Waals surface area contributed by atoms with E-state index in [1.165, 1.54) is 5.56 Å². The van der Waals surface area contributed by atoms with Crippen molar-refractivity contribution in [1.82, 2.24) is 4.90 Å². The van der Waals surface area contributed by atoms with Crippen molar-refractivity contribution >= 4 is 0 Å². The van der Waals surface area contributed by atoms with E-state index < -0.39 is 0 Å². The summed E-state index contributed by atoms with van der Waals surface area (Å²) in [5, 5.41) is 9.15. The number of piperidine rings is 1. The molecule has 0 aliphatic carbocycles. The van der Waals surface area contributed by atoms with Crippen LogP contribution < -0.4 is 4.74 Å². The van der Waals surface area contributed by atoms with Crippen molar-refractivity contribution in [2.75, 3.05) is 26.3 Å². The molecule has 0 unspecified atom stereocenters. The van der Waals surface area contributed by atoms with Gasteiger partial charge in [-0.2, -0.15) is 0 Å². The molecule has 0 saturated carbocycles. The molecule has 0 aromatic heterocycles. The molecule has 1 saturated heterocycles. The Balaban J connectivity index is 1.94. The summed E-state index contributed by atoms with van der Waals surface area (Å²) in [5.74, 6) is 3.85. The molecule has 3 heteroatoms. The summed E-state index contributed by atoms with van der Waals surface area (Å²) in [4.78, 5) is 2.41. The van der Waals surface area contributed by atoms with Gasteiger partial charge in [-0.1, -0.05) is 24.1 Å². The standard InChI is InChI=1S/C16H21NO2/c1-2-11-19-16-6-4-3-5-15(16)12-17-9-7-14(13-18)8-10-17/h1,3-6,14,18H,7-13H2. The van der Waals surface area contributed by atoms with E-state index in [1.807, 2.05) is 18.2 Å². The molecule has 0 bridgehead atoms. The third-order valence-electron chi connectivity index (χ3n) is 3.64. The normalized spacial score (nSPS) is 17.1. The van der Waals surface area contributed by atoms with E-state index in [2.05, 4.69) is 16.9 Å². The molecule has 1 aromatic carbocycles. The second-order valence-electron chi connectivity index (χ2n) is 5.00. The Bertz CT molecular complexity index is 431. The van der Waals surface area contributed by atoms with Gasteiger partial charge in [-0.15, -0.1) is 6.42 Å². The highest BCUT2D eigenvalue weighted by Crippen LogP contribution is 2.23. The fraction of sp³-hybridized carbons (Fsp3) is 0.500. The number of terminal acetylenes is 1. The summed E-state index contributed by atoms with van der Waals surface area (Å²) in [5.41, 5.74) is 1.18. The van der Waals surface area contributed by atoms with Crippen LogP contribution in [-0.4, -0.2) is 36.3 Å². The van der Waals surface area contributed by atoms with E-state index in [0.717, 1.165) is 38.2 Å². The zero-order chi connectivity index (χ0) is 13.5. The molecule has 1 heterocycles. The molecule has 1 N–H and O–H groups in total. The average molecular weight is 259 g/mol. The zero-order valence-electron chi connectivity index (χ0n) is 11.2. The van der Waals surface area contributed by atoms with Gasteiger partial charge in [0, 0.05) is 18.7 Å². The molecule has 1 aliphatic rings. The molecule has 0 radical (unpaired) electrons. The summed E-state index contributed by atoms with van der Waals surface area (Å²) in [6.45, 7) is 3.58. The second-order valence-corrected chi connectivity index (χ2v) is 5.00. The topological polar surface area (TPSA) is 32.7 Å². The molecule has 1 aromatic rings. The molecule has 2 rings (SSSR count). The van der Waals surface area contributed by atoms with E-state index in [0.29, 0.717) is 19.1 Å². The highest BCUT2D eigenvalue weighted by molar-refractivity contribution is 5.33. The number of nitrogens with zero attached hydrogens (tertiary/aromatic N) is 1. The maximum atomic E-state index is 9.15. The van der Waals surface area contributed by atoms with Crippen LogP contribution in [-0.2, 0) is 6.54 Å². The third-order valence-corrected chi connectivity index (χ3v) is 3.64. The lowest BCUT2D eigenvalue weighted by molar-refractivity contribution is 0.126. The van der Waals surface area contributed by atoms with Crippen LogP contribution in [0.25, 0.3) is 0 Å². The molecule has 0 amide bonds. The van der Waals surface area contributed by atoms with Gasteiger partial charge >= 0.3 is 0 Å². The number of likely N-dealkylation sites (tertiary alicyclic amines) is 1. The lowest BCUT2D eigenvalue weighted by Gasteiger charge is -2.31. The van der Waals surface area contributed by atoms with E-state index in [-0.39, 0.29) is 0 Å². The molecular weight excluding hydrogens is 238 g/mol.